The predicted molar refractivity (Wildman–Crippen MR) is 82.7 cm³/mol. The Balaban J connectivity index is 2.08. The number of urea groups is 1. The van der Waals surface area contributed by atoms with E-state index in [0.717, 1.165) is 43.1 Å². The van der Waals surface area contributed by atoms with Crippen molar-refractivity contribution in [1.29, 1.82) is 0 Å². The number of nitrogens with two attached hydrogens (primary N) is 1. The molecule has 2 amide bonds. The molecule has 20 heavy (non-hydrogen) atoms. The second-order valence-corrected chi connectivity index (χ2v) is 5.57. The van der Waals surface area contributed by atoms with Gasteiger partial charge < -0.3 is 10.6 Å². The highest BCUT2D eigenvalue weighted by Crippen LogP contribution is 2.21. The topological polar surface area (TPSA) is 49.6 Å². The third-order valence-corrected chi connectivity index (χ3v) is 4.09. The molecule has 2 N–H and O–H groups in total. The first kappa shape index (κ1) is 14.9. The number of anilines is 1. The average molecular weight is 275 g/mol. The lowest BCUT2D eigenvalue weighted by Gasteiger charge is -2.34. The van der Waals surface area contributed by atoms with Crippen LogP contribution in [-0.2, 0) is 6.54 Å². The van der Waals surface area contributed by atoms with Crippen molar-refractivity contribution in [2.24, 2.45) is 11.7 Å². The molecule has 0 radical (unpaired) electrons. The van der Waals surface area contributed by atoms with Gasteiger partial charge in [-0.25, -0.2) is 4.79 Å². The lowest BCUT2D eigenvalue weighted by atomic mass is 9.99. The minimum absolute atomic E-state index is 0.125. The van der Waals surface area contributed by atoms with Crippen LogP contribution in [0.1, 0.15) is 32.3 Å². The van der Waals surface area contributed by atoms with E-state index >= 15 is 0 Å². The van der Waals surface area contributed by atoms with Crippen LogP contribution in [0.3, 0.4) is 0 Å². The molecular weight excluding hydrogens is 250 g/mol. The first-order chi connectivity index (χ1) is 9.65. The van der Waals surface area contributed by atoms with Crippen LogP contribution in [0.5, 0.6) is 0 Å². The molecule has 1 aliphatic heterocycles. The summed E-state index contributed by atoms with van der Waals surface area (Å²) >= 11 is 0. The second kappa shape index (κ2) is 6.75. The molecule has 0 saturated carbocycles. The van der Waals surface area contributed by atoms with Gasteiger partial charge in [-0.15, -0.1) is 0 Å². The number of rotatable bonds is 3. The van der Waals surface area contributed by atoms with E-state index in [0.29, 0.717) is 13.1 Å². The van der Waals surface area contributed by atoms with Crippen molar-refractivity contribution >= 4 is 11.7 Å². The Kier molecular flexibility index (Phi) is 5.01. The Hall–Kier alpha value is -1.55. The van der Waals surface area contributed by atoms with Gasteiger partial charge in [0.1, 0.15) is 0 Å². The molecule has 0 spiro atoms. The average Bonchev–Trinajstić information content (AvgIpc) is 2.49. The minimum atomic E-state index is 0.125. The molecule has 0 aliphatic carbocycles. The number of benzene rings is 1. The maximum Gasteiger partial charge on any atom is 0.324 e. The maximum atomic E-state index is 12.6. The van der Waals surface area contributed by atoms with Gasteiger partial charge >= 0.3 is 6.03 Å². The van der Waals surface area contributed by atoms with Crippen LogP contribution in [0.25, 0.3) is 0 Å². The number of carbonyl (C=O) groups excluding carboxylic acids is 1. The number of hydrogen-bond donors (Lipinski definition) is 1. The molecule has 110 valence electrons. The van der Waals surface area contributed by atoms with Crippen LogP contribution in [0.2, 0.25) is 0 Å². The van der Waals surface area contributed by atoms with Crippen LogP contribution in [0.15, 0.2) is 24.3 Å². The molecule has 0 unspecified atom stereocenters. The Labute approximate surface area is 121 Å². The van der Waals surface area contributed by atoms with E-state index in [1.807, 2.05) is 41.0 Å². The lowest BCUT2D eigenvalue weighted by molar-refractivity contribution is 0.180. The van der Waals surface area contributed by atoms with Crippen molar-refractivity contribution in [3.05, 3.63) is 29.8 Å². The van der Waals surface area contributed by atoms with Gasteiger partial charge in [0.15, 0.2) is 0 Å². The highest BCUT2D eigenvalue weighted by Gasteiger charge is 2.24. The van der Waals surface area contributed by atoms with Gasteiger partial charge in [0.25, 0.3) is 0 Å². The molecule has 1 aliphatic rings. The largest absolute Gasteiger partial charge is 0.326 e. The van der Waals surface area contributed by atoms with Gasteiger partial charge in [-0.05, 0) is 43.4 Å². The maximum absolute atomic E-state index is 12.6. The molecule has 1 fully saturated rings. The molecule has 4 nitrogen and oxygen atoms in total. The lowest BCUT2D eigenvalue weighted by Crippen LogP contribution is -2.46. The molecule has 1 aromatic carbocycles. The molecule has 0 atom stereocenters. The number of nitrogens with zero attached hydrogens (tertiary/aromatic N) is 2. The van der Waals surface area contributed by atoms with Crippen molar-refractivity contribution in [3.8, 4) is 0 Å². The molecule has 1 saturated heterocycles. The highest BCUT2D eigenvalue weighted by atomic mass is 16.2. The van der Waals surface area contributed by atoms with Crippen molar-refractivity contribution in [2.45, 2.75) is 33.2 Å². The van der Waals surface area contributed by atoms with Gasteiger partial charge in [0, 0.05) is 31.9 Å². The summed E-state index contributed by atoms with van der Waals surface area (Å²) < 4.78 is 0. The summed E-state index contributed by atoms with van der Waals surface area (Å²) in [4.78, 5) is 16.4. The van der Waals surface area contributed by atoms with Crippen LogP contribution in [-0.4, -0.2) is 30.6 Å². The zero-order valence-electron chi connectivity index (χ0n) is 12.5. The first-order valence-electron chi connectivity index (χ1n) is 7.51. The van der Waals surface area contributed by atoms with E-state index in [2.05, 4.69) is 6.92 Å². The predicted octanol–water partition coefficient (Wildman–Crippen LogP) is 2.82. The van der Waals surface area contributed by atoms with Crippen LogP contribution in [0, 0.1) is 5.92 Å². The third-order valence-electron chi connectivity index (χ3n) is 4.09. The van der Waals surface area contributed by atoms with Crippen molar-refractivity contribution in [2.75, 3.05) is 24.5 Å². The second-order valence-electron chi connectivity index (χ2n) is 5.57. The summed E-state index contributed by atoms with van der Waals surface area (Å²) in [5.41, 5.74) is 7.65. The fraction of sp³-hybridized carbons (Fsp3) is 0.562. The SMILES string of the molecule is CCN(C(=O)N1CCC(C)CC1)c1ccc(CN)cc1. The Bertz CT molecular complexity index is 436. The number of likely N-dealkylation sites (tertiary alicyclic amines) is 1. The number of hydrogen-bond acceptors (Lipinski definition) is 2. The minimum Gasteiger partial charge on any atom is -0.326 e. The van der Waals surface area contributed by atoms with Gasteiger partial charge in [0.05, 0.1) is 0 Å². The number of piperidine rings is 1. The zero-order valence-corrected chi connectivity index (χ0v) is 12.5. The Morgan fingerprint density at radius 2 is 1.90 bits per heavy atom. The summed E-state index contributed by atoms with van der Waals surface area (Å²) in [6.07, 6.45) is 2.21. The molecule has 1 heterocycles. The molecule has 1 aromatic rings. The van der Waals surface area contributed by atoms with Crippen LogP contribution < -0.4 is 10.6 Å². The van der Waals surface area contributed by atoms with Crippen molar-refractivity contribution in [3.63, 3.8) is 0 Å². The summed E-state index contributed by atoms with van der Waals surface area (Å²) in [6.45, 7) is 7.23. The first-order valence-corrected chi connectivity index (χ1v) is 7.51. The quantitative estimate of drug-likeness (QED) is 0.922. The Morgan fingerprint density at radius 1 is 1.30 bits per heavy atom. The summed E-state index contributed by atoms with van der Waals surface area (Å²) in [7, 11) is 0. The molecule has 4 heteroatoms. The van der Waals surface area contributed by atoms with E-state index in [4.69, 9.17) is 5.73 Å². The number of amides is 2. The van der Waals surface area contributed by atoms with E-state index in [9.17, 15) is 4.79 Å². The van der Waals surface area contributed by atoms with Gasteiger partial charge in [0.2, 0.25) is 0 Å². The van der Waals surface area contributed by atoms with Gasteiger partial charge in [-0.1, -0.05) is 19.1 Å². The van der Waals surface area contributed by atoms with E-state index < -0.39 is 0 Å². The van der Waals surface area contributed by atoms with Crippen molar-refractivity contribution in [1.82, 2.24) is 4.90 Å². The van der Waals surface area contributed by atoms with E-state index in [-0.39, 0.29) is 6.03 Å². The summed E-state index contributed by atoms with van der Waals surface area (Å²) in [5, 5.41) is 0. The van der Waals surface area contributed by atoms with Crippen molar-refractivity contribution < 1.29 is 4.79 Å². The monoisotopic (exact) mass is 275 g/mol. The summed E-state index contributed by atoms with van der Waals surface area (Å²) in [6, 6.07) is 8.07. The summed E-state index contributed by atoms with van der Waals surface area (Å²) in [5.74, 6) is 0.734. The molecule has 0 bridgehead atoms. The van der Waals surface area contributed by atoms with Crippen LogP contribution >= 0.6 is 0 Å². The smallest absolute Gasteiger partial charge is 0.324 e. The van der Waals surface area contributed by atoms with E-state index in [1.54, 1.807) is 0 Å². The fourth-order valence-electron chi connectivity index (χ4n) is 2.61. The highest BCUT2D eigenvalue weighted by molar-refractivity contribution is 5.92. The third kappa shape index (κ3) is 3.31. The van der Waals surface area contributed by atoms with Gasteiger partial charge in [-0.3, -0.25) is 4.90 Å². The fourth-order valence-corrected chi connectivity index (χ4v) is 2.61. The van der Waals surface area contributed by atoms with E-state index in [1.165, 1.54) is 0 Å². The van der Waals surface area contributed by atoms with Crippen LogP contribution in [0.4, 0.5) is 10.5 Å². The normalized spacial score (nSPS) is 16.2. The van der Waals surface area contributed by atoms with Gasteiger partial charge in [-0.2, -0.15) is 0 Å². The molecule has 0 aromatic heterocycles. The standard InChI is InChI=1S/C16H25N3O/c1-3-19(15-6-4-14(12-17)5-7-15)16(20)18-10-8-13(2)9-11-18/h4-7,13H,3,8-12,17H2,1-2H3. The molecule has 2 rings (SSSR count). The molecular formula is C16H25N3O. The Morgan fingerprint density at radius 3 is 2.40 bits per heavy atom. The number of carbonyl (C=O) groups is 1. The zero-order chi connectivity index (χ0) is 14.5.